The third kappa shape index (κ3) is 5.04. The fourth-order valence-electron chi connectivity index (χ4n) is 2.12. The summed E-state index contributed by atoms with van der Waals surface area (Å²) in [6.45, 7) is 6.03. The lowest BCUT2D eigenvalue weighted by atomic mass is 9.95. The summed E-state index contributed by atoms with van der Waals surface area (Å²) >= 11 is 0. The van der Waals surface area contributed by atoms with Crippen molar-refractivity contribution in [3.8, 4) is 0 Å². The first-order valence-corrected chi connectivity index (χ1v) is 6.67. The molecule has 0 aliphatic heterocycles. The normalized spacial score (nSPS) is 19.3. The molecule has 1 unspecified atom stereocenters. The summed E-state index contributed by atoms with van der Waals surface area (Å²) in [4.78, 5) is 13.6. The molecule has 0 saturated heterocycles. The zero-order valence-corrected chi connectivity index (χ0v) is 11.3. The molecular weight excluding hydrogens is 216 g/mol. The van der Waals surface area contributed by atoms with Crippen LogP contribution in [0, 0.1) is 0 Å². The van der Waals surface area contributed by atoms with E-state index in [0.717, 1.165) is 38.8 Å². The molecule has 4 nitrogen and oxygen atoms in total. The molecule has 0 spiro atoms. The molecule has 0 radical (unpaired) electrons. The van der Waals surface area contributed by atoms with Crippen LogP contribution in [0.1, 0.15) is 46.0 Å². The molecule has 0 aromatic rings. The maximum absolute atomic E-state index is 11.3. The molecule has 4 heteroatoms. The summed E-state index contributed by atoms with van der Waals surface area (Å²) in [6, 6.07) is 0.435. The predicted octanol–water partition coefficient (Wildman–Crippen LogP) is 1.70. The van der Waals surface area contributed by atoms with Gasteiger partial charge >= 0.3 is 5.97 Å². The molecule has 0 amide bonds. The lowest BCUT2D eigenvalue weighted by Crippen LogP contribution is -2.50. The van der Waals surface area contributed by atoms with Gasteiger partial charge in [-0.05, 0) is 59.2 Å². The summed E-state index contributed by atoms with van der Waals surface area (Å²) in [6.07, 6.45) is 5.02. The summed E-state index contributed by atoms with van der Waals surface area (Å²) < 4.78 is 0. The van der Waals surface area contributed by atoms with Gasteiger partial charge in [-0.25, -0.2) is 0 Å². The van der Waals surface area contributed by atoms with Gasteiger partial charge in [0.1, 0.15) is 5.54 Å². The Morgan fingerprint density at radius 3 is 2.59 bits per heavy atom. The minimum Gasteiger partial charge on any atom is -0.480 e. The van der Waals surface area contributed by atoms with Gasteiger partial charge in [0, 0.05) is 6.04 Å². The summed E-state index contributed by atoms with van der Waals surface area (Å²) in [5.74, 6) is -0.720. The van der Waals surface area contributed by atoms with Gasteiger partial charge in [0.15, 0.2) is 0 Å². The average molecular weight is 242 g/mol. The van der Waals surface area contributed by atoms with Gasteiger partial charge < -0.3 is 10.0 Å². The maximum atomic E-state index is 11.3. The second kappa shape index (κ2) is 6.36. The van der Waals surface area contributed by atoms with Crippen LogP contribution in [0.25, 0.3) is 0 Å². The van der Waals surface area contributed by atoms with Gasteiger partial charge in [-0.2, -0.15) is 0 Å². The highest BCUT2D eigenvalue weighted by molar-refractivity contribution is 5.78. The van der Waals surface area contributed by atoms with E-state index in [4.69, 9.17) is 0 Å². The van der Waals surface area contributed by atoms with Crippen molar-refractivity contribution in [2.24, 2.45) is 0 Å². The van der Waals surface area contributed by atoms with Crippen molar-refractivity contribution in [2.45, 2.75) is 57.5 Å². The molecule has 1 aliphatic rings. The van der Waals surface area contributed by atoms with Crippen LogP contribution in [-0.4, -0.2) is 47.7 Å². The zero-order chi connectivity index (χ0) is 12.9. The van der Waals surface area contributed by atoms with E-state index in [1.54, 1.807) is 0 Å². The standard InChI is InChI=1S/C13H26N2O2/c1-4-9-15(3)10-5-8-13(2,12(16)17)14-11-6-7-11/h11,14H,4-10H2,1-3H3,(H,16,17). The predicted molar refractivity (Wildman–Crippen MR) is 69.2 cm³/mol. The number of carboxylic acid groups (broad SMARTS) is 1. The van der Waals surface area contributed by atoms with Crippen molar-refractivity contribution in [3.63, 3.8) is 0 Å². The van der Waals surface area contributed by atoms with Crippen LogP contribution >= 0.6 is 0 Å². The first-order valence-electron chi connectivity index (χ1n) is 6.67. The van der Waals surface area contributed by atoms with Crippen LogP contribution in [0.2, 0.25) is 0 Å². The van der Waals surface area contributed by atoms with Crippen LogP contribution in [0.15, 0.2) is 0 Å². The molecule has 0 aromatic carbocycles. The van der Waals surface area contributed by atoms with Crippen LogP contribution in [0.4, 0.5) is 0 Å². The fraction of sp³-hybridized carbons (Fsp3) is 0.923. The second-order valence-electron chi connectivity index (χ2n) is 5.46. The van der Waals surface area contributed by atoms with Crippen LogP contribution < -0.4 is 5.32 Å². The molecular formula is C13H26N2O2. The van der Waals surface area contributed by atoms with Crippen LogP contribution in [0.5, 0.6) is 0 Å². The summed E-state index contributed by atoms with van der Waals surface area (Å²) in [5.41, 5.74) is -0.742. The molecule has 1 rings (SSSR count). The third-order valence-electron chi connectivity index (χ3n) is 3.39. The number of nitrogens with zero attached hydrogens (tertiary/aromatic N) is 1. The van der Waals surface area contributed by atoms with Crippen molar-refractivity contribution in [1.82, 2.24) is 10.2 Å². The maximum Gasteiger partial charge on any atom is 0.323 e. The van der Waals surface area contributed by atoms with Crippen molar-refractivity contribution < 1.29 is 9.90 Å². The van der Waals surface area contributed by atoms with Gasteiger partial charge in [0.2, 0.25) is 0 Å². The molecule has 100 valence electrons. The Kier molecular flexibility index (Phi) is 5.40. The fourth-order valence-corrected chi connectivity index (χ4v) is 2.12. The largest absolute Gasteiger partial charge is 0.480 e. The van der Waals surface area contributed by atoms with Crippen molar-refractivity contribution >= 4 is 5.97 Å². The molecule has 17 heavy (non-hydrogen) atoms. The van der Waals surface area contributed by atoms with E-state index in [1.807, 2.05) is 6.92 Å². The van der Waals surface area contributed by atoms with Crippen LogP contribution in [0.3, 0.4) is 0 Å². The van der Waals surface area contributed by atoms with Crippen molar-refractivity contribution in [3.05, 3.63) is 0 Å². The highest BCUT2D eigenvalue weighted by Crippen LogP contribution is 2.25. The van der Waals surface area contributed by atoms with Gasteiger partial charge in [0.05, 0.1) is 0 Å². The number of nitrogens with one attached hydrogen (secondary N) is 1. The summed E-state index contributed by atoms with van der Waals surface area (Å²) in [7, 11) is 2.09. The molecule has 1 fully saturated rings. The molecule has 1 aliphatic carbocycles. The Labute approximate surface area is 104 Å². The Hall–Kier alpha value is -0.610. The van der Waals surface area contributed by atoms with Gasteiger partial charge in [-0.3, -0.25) is 10.1 Å². The molecule has 2 N–H and O–H groups in total. The number of rotatable bonds is 9. The zero-order valence-electron chi connectivity index (χ0n) is 11.3. The summed E-state index contributed by atoms with van der Waals surface area (Å²) in [5, 5.41) is 12.6. The van der Waals surface area contributed by atoms with Gasteiger partial charge in [0.25, 0.3) is 0 Å². The van der Waals surface area contributed by atoms with E-state index in [9.17, 15) is 9.90 Å². The smallest absolute Gasteiger partial charge is 0.323 e. The van der Waals surface area contributed by atoms with E-state index >= 15 is 0 Å². The minimum absolute atomic E-state index is 0.435. The van der Waals surface area contributed by atoms with Gasteiger partial charge in [-0.15, -0.1) is 0 Å². The number of carbonyl (C=O) groups is 1. The Bertz CT molecular complexity index is 254. The molecule has 1 saturated carbocycles. The van der Waals surface area contributed by atoms with E-state index in [-0.39, 0.29) is 0 Å². The lowest BCUT2D eigenvalue weighted by Gasteiger charge is -2.27. The quantitative estimate of drug-likeness (QED) is 0.646. The Morgan fingerprint density at radius 2 is 2.12 bits per heavy atom. The molecule has 0 bridgehead atoms. The number of carboxylic acids is 1. The lowest BCUT2D eigenvalue weighted by molar-refractivity contribution is -0.144. The number of hydrogen-bond acceptors (Lipinski definition) is 3. The van der Waals surface area contributed by atoms with Crippen molar-refractivity contribution in [2.75, 3.05) is 20.1 Å². The SMILES string of the molecule is CCCN(C)CCCC(C)(NC1CC1)C(=O)O. The number of hydrogen-bond donors (Lipinski definition) is 2. The van der Waals surface area contributed by atoms with Crippen molar-refractivity contribution in [1.29, 1.82) is 0 Å². The highest BCUT2D eigenvalue weighted by atomic mass is 16.4. The Morgan fingerprint density at radius 1 is 1.47 bits per heavy atom. The van der Waals surface area contributed by atoms with Gasteiger partial charge in [-0.1, -0.05) is 6.92 Å². The monoisotopic (exact) mass is 242 g/mol. The second-order valence-corrected chi connectivity index (χ2v) is 5.46. The molecule has 0 aromatic heterocycles. The molecule has 0 heterocycles. The molecule has 1 atom stereocenters. The number of aliphatic carboxylic acids is 1. The van der Waals surface area contributed by atoms with E-state index in [1.165, 1.54) is 0 Å². The highest BCUT2D eigenvalue weighted by Gasteiger charge is 2.37. The third-order valence-corrected chi connectivity index (χ3v) is 3.39. The first-order chi connectivity index (χ1) is 7.98. The Balaban J connectivity index is 2.30. The van der Waals surface area contributed by atoms with Crippen LogP contribution in [-0.2, 0) is 4.79 Å². The van der Waals surface area contributed by atoms with E-state index in [2.05, 4.69) is 24.2 Å². The van der Waals surface area contributed by atoms with E-state index in [0.29, 0.717) is 12.5 Å². The average Bonchev–Trinajstić information content (AvgIpc) is 3.01. The first kappa shape index (κ1) is 14.5. The van der Waals surface area contributed by atoms with E-state index < -0.39 is 11.5 Å². The minimum atomic E-state index is -0.742. The topological polar surface area (TPSA) is 52.6 Å².